The van der Waals surface area contributed by atoms with Gasteiger partial charge in [0.1, 0.15) is 5.60 Å². The number of nitrogens with zero attached hydrogens (tertiary/aromatic N) is 1. The third kappa shape index (κ3) is 1.45. The molecule has 1 unspecified atom stereocenters. The van der Waals surface area contributed by atoms with Crippen molar-refractivity contribution in [3.63, 3.8) is 0 Å². The maximum absolute atomic E-state index is 8.83. The van der Waals surface area contributed by atoms with E-state index in [4.69, 9.17) is 14.7 Å². The number of hydrogen-bond donors (Lipinski definition) is 0. The molecule has 0 heterocycles. The van der Waals surface area contributed by atoms with E-state index in [-0.39, 0.29) is 5.60 Å². The second kappa shape index (κ2) is 3.88. The van der Waals surface area contributed by atoms with Crippen molar-refractivity contribution in [3.8, 4) is 6.07 Å². The predicted octanol–water partition coefficient (Wildman–Crippen LogP) is 1.48. The molecule has 68 valence electrons. The topological polar surface area (TPSA) is 42.2 Å². The van der Waals surface area contributed by atoms with E-state index >= 15 is 0 Å². The zero-order valence-electron chi connectivity index (χ0n) is 7.67. The molecule has 1 aliphatic carbocycles. The van der Waals surface area contributed by atoms with Gasteiger partial charge in [-0.15, -0.1) is 0 Å². The van der Waals surface area contributed by atoms with Crippen LogP contribution in [0.4, 0.5) is 0 Å². The lowest BCUT2D eigenvalue weighted by atomic mass is 9.95. The van der Waals surface area contributed by atoms with Gasteiger partial charge < -0.3 is 9.47 Å². The maximum atomic E-state index is 8.83. The van der Waals surface area contributed by atoms with Crippen LogP contribution in [0.2, 0.25) is 0 Å². The number of ether oxygens (including phenoxy) is 2. The number of methoxy groups -OCH3 is 2. The van der Waals surface area contributed by atoms with Crippen LogP contribution < -0.4 is 0 Å². The highest BCUT2D eigenvalue weighted by molar-refractivity contribution is 5.04. The van der Waals surface area contributed by atoms with E-state index < -0.39 is 6.10 Å². The molecule has 1 atom stereocenters. The van der Waals surface area contributed by atoms with Crippen LogP contribution in [0.3, 0.4) is 0 Å². The summed E-state index contributed by atoms with van der Waals surface area (Å²) in [6.45, 7) is 0. The first-order valence-corrected chi connectivity index (χ1v) is 4.26. The fourth-order valence-electron chi connectivity index (χ4n) is 1.93. The molecule has 0 spiro atoms. The number of hydrogen-bond acceptors (Lipinski definition) is 3. The van der Waals surface area contributed by atoms with Crippen molar-refractivity contribution in [1.29, 1.82) is 5.26 Å². The van der Waals surface area contributed by atoms with Crippen LogP contribution in [-0.2, 0) is 9.47 Å². The molecule has 0 amide bonds. The molecule has 0 radical (unpaired) electrons. The monoisotopic (exact) mass is 169 g/mol. The zero-order chi connectivity index (χ0) is 9.03. The zero-order valence-corrected chi connectivity index (χ0v) is 7.67. The highest BCUT2D eigenvalue weighted by Crippen LogP contribution is 2.36. The van der Waals surface area contributed by atoms with Crippen molar-refractivity contribution in [2.75, 3.05) is 14.2 Å². The van der Waals surface area contributed by atoms with Crippen LogP contribution in [0.25, 0.3) is 0 Å². The molecule has 0 bridgehead atoms. The summed E-state index contributed by atoms with van der Waals surface area (Å²) in [7, 11) is 3.22. The largest absolute Gasteiger partial charge is 0.374 e. The van der Waals surface area contributed by atoms with Gasteiger partial charge in [0.05, 0.1) is 6.07 Å². The average molecular weight is 169 g/mol. The van der Waals surface area contributed by atoms with E-state index in [0.717, 1.165) is 25.7 Å². The van der Waals surface area contributed by atoms with Gasteiger partial charge >= 0.3 is 0 Å². The summed E-state index contributed by atoms with van der Waals surface area (Å²) in [5, 5.41) is 8.83. The lowest BCUT2D eigenvalue weighted by Gasteiger charge is -2.30. The summed E-state index contributed by atoms with van der Waals surface area (Å²) in [6.07, 6.45) is 3.74. The number of rotatable bonds is 3. The smallest absolute Gasteiger partial charge is 0.172 e. The molecule has 0 aromatic carbocycles. The summed E-state index contributed by atoms with van der Waals surface area (Å²) in [6, 6.07) is 2.14. The first kappa shape index (κ1) is 9.50. The molecule has 0 aliphatic heterocycles. The summed E-state index contributed by atoms with van der Waals surface area (Å²) >= 11 is 0. The number of nitriles is 1. The van der Waals surface area contributed by atoms with Crippen LogP contribution >= 0.6 is 0 Å². The van der Waals surface area contributed by atoms with E-state index in [2.05, 4.69) is 6.07 Å². The first-order valence-electron chi connectivity index (χ1n) is 4.26. The Morgan fingerprint density at radius 2 is 1.92 bits per heavy atom. The van der Waals surface area contributed by atoms with Gasteiger partial charge in [0, 0.05) is 14.2 Å². The Kier molecular flexibility index (Phi) is 3.07. The van der Waals surface area contributed by atoms with E-state index in [9.17, 15) is 0 Å². The van der Waals surface area contributed by atoms with Crippen molar-refractivity contribution in [1.82, 2.24) is 0 Å². The minimum atomic E-state index is -0.412. The van der Waals surface area contributed by atoms with Crippen molar-refractivity contribution >= 4 is 0 Å². The molecule has 1 rings (SSSR count). The lowest BCUT2D eigenvalue weighted by molar-refractivity contribution is -0.0895. The Hall–Kier alpha value is -0.590. The van der Waals surface area contributed by atoms with Gasteiger partial charge in [-0.3, -0.25) is 0 Å². The van der Waals surface area contributed by atoms with E-state index in [1.54, 1.807) is 14.2 Å². The first-order chi connectivity index (χ1) is 5.79. The normalized spacial score (nSPS) is 23.4. The van der Waals surface area contributed by atoms with Gasteiger partial charge in [-0.1, -0.05) is 12.8 Å². The standard InChI is InChI=1S/C9H15NO2/c1-11-8(7-10)9(12-2)5-3-4-6-9/h8H,3-6H2,1-2H3. The minimum Gasteiger partial charge on any atom is -0.374 e. The summed E-state index contributed by atoms with van der Waals surface area (Å²) in [5.41, 5.74) is -0.330. The van der Waals surface area contributed by atoms with Crippen molar-refractivity contribution in [2.45, 2.75) is 37.4 Å². The van der Waals surface area contributed by atoms with Crippen LogP contribution in [0.5, 0.6) is 0 Å². The van der Waals surface area contributed by atoms with Gasteiger partial charge in [0.15, 0.2) is 6.10 Å². The highest BCUT2D eigenvalue weighted by atomic mass is 16.5. The highest BCUT2D eigenvalue weighted by Gasteiger charge is 2.42. The molecule has 3 heteroatoms. The second-order valence-corrected chi connectivity index (χ2v) is 3.22. The Morgan fingerprint density at radius 3 is 2.25 bits per heavy atom. The van der Waals surface area contributed by atoms with E-state index in [1.807, 2.05) is 0 Å². The quantitative estimate of drug-likeness (QED) is 0.642. The molecular formula is C9H15NO2. The third-order valence-electron chi connectivity index (χ3n) is 2.69. The van der Waals surface area contributed by atoms with Gasteiger partial charge in [-0.05, 0) is 12.8 Å². The minimum absolute atomic E-state index is 0.330. The fraction of sp³-hybridized carbons (Fsp3) is 0.889. The predicted molar refractivity (Wildman–Crippen MR) is 44.6 cm³/mol. The molecule has 0 saturated heterocycles. The van der Waals surface area contributed by atoms with Gasteiger partial charge in [0.2, 0.25) is 0 Å². The molecule has 0 N–H and O–H groups in total. The van der Waals surface area contributed by atoms with Crippen molar-refractivity contribution in [3.05, 3.63) is 0 Å². The van der Waals surface area contributed by atoms with Gasteiger partial charge in [-0.25, -0.2) is 0 Å². The Labute approximate surface area is 73.3 Å². The second-order valence-electron chi connectivity index (χ2n) is 3.22. The Morgan fingerprint density at radius 1 is 1.33 bits per heavy atom. The molecule has 12 heavy (non-hydrogen) atoms. The summed E-state index contributed by atoms with van der Waals surface area (Å²) < 4.78 is 10.5. The van der Waals surface area contributed by atoms with Crippen LogP contribution in [0.1, 0.15) is 25.7 Å². The molecule has 3 nitrogen and oxygen atoms in total. The van der Waals surface area contributed by atoms with Gasteiger partial charge in [-0.2, -0.15) is 5.26 Å². The van der Waals surface area contributed by atoms with Crippen molar-refractivity contribution in [2.24, 2.45) is 0 Å². The van der Waals surface area contributed by atoms with Crippen molar-refractivity contribution < 1.29 is 9.47 Å². The molecule has 0 aromatic heterocycles. The van der Waals surface area contributed by atoms with Crippen LogP contribution in [0, 0.1) is 11.3 Å². The van der Waals surface area contributed by atoms with Crippen LogP contribution in [0.15, 0.2) is 0 Å². The fourth-order valence-corrected chi connectivity index (χ4v) is 1.93. The third-order valence-corrected chi connectivity index (χ3v) is 2.69. The van der Waals surface area contributed by atoms with E-state index in [1.165, 1.54) is 0 Å². The SMILES string of the molecule is COC(C#N)C1(OC)CCCC1. The molecule has 1 saturated carbocycles. The van der Waals surface area contributed by atoms with E-state index in [0.29, 0.717) is 0 Å². The Balaban J connectivity index is 2.71. The van der Waals surface area contributed by atoms with Gasteiger partial charge in [0.25, 0.3) is 0 Å². The lowest BCUT2D eigenvalue weighted by Crippen LogP contribution is -2.41. The van der Waals surface area contributed by atoms with Crippen LogP contribution in [-0.4, -0.2) is 25.9 Å². The molecule has 1 fully saturated rings. The summed E-state index contributed by atoms with van der Waals surface area (Å²) in [4.78, 5) is 0. The Bertz CT molecular complexity index is 179. The average Bonchev–Trinajstić information content (AvgIpc) is 2.56. The summed E-state index contributed by atoms with van der Waals surface area (Å²) in [5.74, 6) is 0. The molecule has 0 aromatic rings. The molecule has 1 aliphatic rings. The molecular weight excluding hydrogens is 154 g/mol. The maximum Gasteiger partial charge on any atom is 0.172 e.